The molecule has 2 rings (SSSR count). The number of aliphatic carboxylic acids is 1. The Labute approximate surface area is 108 Å². The molecule has 0 amide bonds. The standard InChI is InChI=1S/C15H21NO2/c1-11-4-3-5-14(12(11)2)16-9-8-13(10-16)6-7-15(17)18/h3-5,13H,6-10H2,1-2H3,(H,17,18). The van der Waals surface area contributed by atoms with Gasteiger partial charge in [-0.2, -0.15) is 0 Å². The van der Waals surface area contributed by atoms with Crippen molar-refractivity contribution >= 4 is 11.7 Å². The van der Waals surface area contributed by atoms with Gasteiger partial charge in [-0.3, -0.25) is 4.79 Å². The molecule has 1 aromatic carbocycles. The molecular weight excluding hydrogens is 226 g/mol. The van der Waals surface area contributed by atoms with Crippen molar-refractivity contribution in [3.8, 4) is 0 Å². The van der Waals surface area contributed by atoms with E-state index in [2.05, 4.69) is 36.9 Å². The van der Waals surface area contributed by atoms with Crippen LogP contribution in [0.5, 0.6) is 0 Å². The van der Waals surface area contributed by atoms with Gasteiger partial charge in [-0.1, -0.05) is 12.1 Å². The maximum Gasteiger partial charge on any atom is 0.303 e. The molecule has 0 bridgehead atoms. The van der Waals surface area contributed by atoms with Gasteiger partial charge in [0.15, 0.2) is 0 Å². The van der Waals surface area contributed by atoms with Gasteiger partial charge in [0.1, 0.15) is 0 Å². The molecule has 0 spiro atoms. The van der Waals surface area contributed by atoms with Crippen LogP contribution in [0.1, 0.15) is 30.4 Å². The quantitative estimate of drug-likeness (QED) is 0.889. The summed E-state index contributed by atoms with van der Waals surface area (Å²) in [5.74, 6) is -0.152. The number of carboxylic acids is 1. The fourth-order valence-corrected chi connectivity index (χ4v) is 2.69. The van der Waals surface area contributed by atoms with E-state index in [0.29, 0.717) is 12.3 Å². The highest BCUT2D eigenvalue weighted by atomic mass is 16.4. The second-order valence-corrected chi connectivity index (χ2v) is 5.25. The molecule has 0 aliphatic carbocycles. The highest BCUT2D eigenvalue weighted by Crippen LogP contribution is 2.29. The molecule has 18 heavy (non-hydrogen) atoms. The molecule has 1 atom stereocenters. The fourth-order valence-electron chi connectivity index (χ4n) is 2.69. The van der Waals surface area contributed by atoms with Crippen LogP contribution >= 0.6 is 0 Å². The molecule has 1 saturated heterocycles. The summed E-state index contributed by atoms with van der Waals surface area (Å²) >= 11 is 0. The maximum atomic E-state index is 10.6. The normalized spacial score (nSPS) is 19.2. The van der Waals surface area contributed by atoms with Crippen molar-refractivity contribution in [3.63, 3.8) is 0 Å². The molecule has 98 valence electrons. The van der Waals surface area contributed by atoms with Gasteiger partial charge in [-0.15, -0.1) is 0 Å². The lowest BCUT2D eigenvalue weighted by Crippen LogP contribution is -2.21. The van der Waals surface area contributed by atoms with Crippen LogP contribution in [0.2, 0.25) is 0 Å². The maximum absolute atomic E-state index is 10.6. The number of anilines is 1. The van der Waals surface area contributed by atoms with E-state index in [1.807, 2.05) is 0 Å². The predicted octanol–water partition coefficient (Wildman–Crippen LogP) is 2.99. The molecule has 1 aromatic rings. The van der Waals surface area contributed by atoms with Crippen molar-refractivity contribution in [1.29, 1.82) is 0 Å². The van der Waals surface area contributed by atoms with E-state index in [1.165, 1.54) is 16.8 Å². The zero-order valence-corrected chi connectivity index (χ0v) is 11.1. The highest BCUT2D eigenvalue weighted by Gasteiger charge is 2.24. The zero-order valence-electron chi connectivity index (χ0n) is 11.1. The summed E-state index contributed by atoms with van der Waals surface area (Å²) in [5, 5.41) is 8.72. The minimum Gasteiger partial charge on any atom is -0.481 e. The highest BCUT2D eigenvalue weighted by molar-refractivity contribution is 5.66. The van der Waals surface area contributed by atoms with E-state index >= 15 is 0 Å². The summed E-state index contributed by atoms with van der Waals surface area (Å²) in [6, 6.07) is 6.40. The number of benzene rings is 1. The van der Waals surface area contributed by atoms with Crippen LogP contribution in [-0.2, 0) is 4.79 Å². The number of hydrogen-bond acceptors (Lipinski definition) is 2. The van der Waals surface area contributed by atoms with E-state index in [-0.39, 0.29) is 0 Å². The predicted molar refractivity (Wildman–Crippen MR) is 73.1 cm³/mol. The second kappa shape index (κ2) is 5.42. The van der Waals surface area contributed by atoms with Gasteiger partial charge in [0.25, 0.3) is 0 Å². The summed E-state index contributed by atoms with van der Waals surface area (Å²) in [4.78, 5) is 13.0. The van der Waals surface area contributed by atoms with Crippen LogP contribution in [0.25, 0.3) is 0 Å². The van der Waals surface area contributed by atoms with Gasteiger partial charge >= 0.3 is 5.97 Å². The average Bonchev–Trinajstić information content (AvgIpc) is 2.78. The van der Waals surface area contributed by atoms with Crippen molar-refractivity contribution in [2.75, 3.05) is 18.0 Å². The Bertz CT molecular complexity index is 442. The third kappa shape index (κ3) is 2.84. The molecular formula is C15H21NO2. The molecule has 0 aromatic heterocycles. The number of carboxylic acid groups (broad SMARTS) is 1. The molecule has 0 radical (unpaired) electrons. The second-order valence-electron chi connectivity index (χ2n) is 5.25. The Balaban J connectivity index is 2.00. The van der Waals surface area contributed by atoms with E-state index in [9.17, 15) is 4.79 Å². The number of nitrogens with zero attached hydrogens (tertiary/aromatic N) is 1. The molecule has 3 nitrogen and oxygen atoms in total. The first kappa shape index (κ1) is 12.9. The lowest BCUT2D eigenvalue weighted by Gasteiger charge is -2.22. The average molecular weight is 247 g/mol. The van der Waals surface area contributed by atoms with Gasteiger partial charge in [0.05, 0.1) is 0 Å². The zero-order chi connectivity index (χ0) is 13.1. The molecule has 1 unspecified atom stereocenters. The Morgan fingerprint density at radius 3 is 2.94 bits per heavy atom. The van der Waals surface area contributed by atoms with E-state index < -0.39 is 5.97 Å². The smallest absolute Gasteiger partial charge is 0.303 e. The van der Waals surface area contributed by atoms with Gasteiger partial charge in [0, 0.05) is 25.2 Å². The van der Waals surface area contributed by atoms with Crippen LogP contribution < -0.4 is 4.90 Å². The molecule has 3 heteroatoms. The summed E-state index contributed by atoms with van der Waals surface area (Å²) in [6.45, 7) is 6.35. The minimum atomic E-state index is -0.680. The Morgan fingerprint density at radius 1 is 1.44 bits per heavy atom. The van der Waals surface area contributed by atoms with Gasteiger partial charge in [-0.05, 0) is 49.8 Å². The first-order chi connectivity index (χ1) is 8.58. The van der Waals surface area contributed by atoms with Crippen LogP contribution in [0, 0.1) is 19.8 Å². The van der Waals surface area contributed by atoms with Crippen molar-refractivity contribution in [3.05, 3.63) is 29.3 Å². The van der Waals surface area contributed by atoms with Gasteiger partial charge < -0.3 is 10.0 Å². The number of aryl methyl sites for hydroxylation is 1. The number of hydrogen-bond donors (Lipinski definition) is 1. The number of rotatable bonds is 4. The lowest BCUT2D eigenvalue weighted by molar-refractivity contribution is -0.137. The van der Waals surface area contributed by atoms with Crippen molar-refractivity contribution in [2.24, 2.45) is 5.92 Å². The van der Waals surface area contributed by atoms with Crippen LogP contribution in [0.4, 0.5) is 5.69 Å². The molecule has 0 saturated carbocycles. The Morgan fingerprint density at radius 2 is 2.22 bits per heavy atom. The Kier molecular flexibility index (Phi) is 3.90. The molecule has 1 N–H and O–H groups in total. The number of carbonyl (C=O) groups is 1. The summed E-state index contributed by atoms with van der Waals surface area (Å²) in [6.07, 6.45) is 2.21. The summed E-state index contributed by atoms with van der Waals surface area (Å²) in [7, 11) is 0. The SMILES string of the molecule is Cc1cccc(N2CCC(CCC(=O)O)C2)c1C. The molecule has 1 aliphatic rings. The minimum absolute atomic E-state index is 0.297. The fraction of sp³-hybridized carbons (Fsp3) is 0.533. The van der Waals surface area contributed by atoms with Gasteiger partial charge in [-0.25, -0.2) is 0 Å². The lowest BCUT2D eigenvalue weighted by atomic mass is 10.0. The van der Waals surface area contributed by atoms with Crippen molar-refractivity contribution < 1.29 is 9.90 Å². The molecule has 1 aliphatic heterocycles. The van der Waals surface area contributed by atoms with Crippen LogP contribution in [-0.4, -0.2) is 24.2 Å². The first-order valence-electron chi connectivity index (χ1n) is 6.61. The van der Waals surface area contributed by atoms with E-state index in [1.54, 1.807) is 0 Å². The Hall–Kier alpha value is -1.51. The largest absolute Gasteiger partial charge is 0.481 e. The third-order valence-electron chi connectivity index (χ3n) is 3.97. The topological polar surface area (TPSA) is 40.5 Å². The van der Waals surface area contributed by atoms with E-state index in [0.717, 1.165) is 25.9 Å². The summed E-state index contributed by atoms with van der Waals surface area (Å²) in [5.41, 5.74) is 3.98. The molecule has 1 fully saturated rings. The van der Waals surface area contributed by atoms with Gasteiger partial charge in [0.2, 0.25) is 0 Å². The monoisotopic (exact) mass is 247 g/mol. The third-order valence-corrected chi connectivity index (χ3v) is 3.97. The van der Waals surface area contributed by atoms with Crippen LogP contribution in [0.3, 0.4) is 0 Å². The van der Waals surface area contributed by atoms with Crippen molar-refractivity contribution in [2.45, 2.75) is 33.1 Å². The first-order valence-corrected chi connectivity index (χ1v) is 6.61. The van der Waals surface area contributed by atoms with E-state index in [4.69, 9.17) is 5.11 Å². The van der Waals surface area contributed by atoms with Crippen molar-refractivity contribution in [1.82, 2.24) is 0 Å². The van der Waals surface area contributed by atoms with Crippen LogP contribution in [0.15, 0.2) is 18.2 Å². The molecule has 1 heterocycles. The summed E-state index contributed by atoms with van der Waals surface area (Å²) < 4.78 is 0.